The van der Waals surface area contributed by atoms with Gasteiger partial charge in [0.2, 0.25) is 0 Å². The predicted molar refractivity (Wildman–Crippen MR) is 69.2 cm³/mol. The molecule has 1 atom stereocenters. The van der Waals surface area contributed by atoms with Crippen LogP contribution in [0.15, 0.2) is 5.38 Å². The molecule has 0 radical (unpaired) electrons. The van der Waals surface area contributed by atoms with Gasteiger partial charge in [-0.2, -0.15) is 0 Å². The molecule has 2 fully saturated rings. The Bertz CT molecular complexity index is 379. The van der Waals surface area contributed by atoms with E-state index in [0.717, 1.165) is 38.2 Å². The van der Waals surface area contributed by atoms with Crippen molar-refractivity contribution in [1.82, 2.24) is 4.98 Å². The van der Waals surface area contributed by atoms with E-state index in [4.69, 9.17) is 15.5 Å². The average molecular weight is 252 g/mol. The van der Waals surface area contributed by atoms with E-state index in [0.29, 0.717) is 5.92 Å². The van der Waals surface area contributed by atoms with Gasteiger partial charge in [0, 0.05) is 17.9 Å². The van der Waals surface area contributed by atoms with E-state index in [9.17, 15) is 0 Å². The molecule has 1 saturated carbocycles. The van der Waals surface area contributed by atoms with Crippen LogP contribution in [0.4, 0.5) is 0 Å². The van der Waals surface area contributed by atoms with Gasteiger partial charge in [0.15, 0.2) is 0 Å². The summed E-state index contributed by atoms with van der Waals surface area (Å²) in [5.74, 6) is 0.515. The second-order valence-electron chi connectivity index (χ2n) is 5.35. The molecule has 3 rings (SSSR count). The van der Waals surface area contributed by atoms with Crippen molar-refractivity contribution in [2.24, 2.45) is 5.73 Å². The SMILES string of the molecule is NC1(c2csc(C3CCOC3)n2)CCCCC1. The molecule has 1 aliphatic carbocycles. The van der Waals surface area contributed by atoms with Gasteiger partial charge in [-0.05, 0) is 19.3 Å². The lowest BCUT2D eigenvalue weighted by atomic mass is 9.80. The van der Waals surface area contributed by atoms with Crippen LogP contribution in [0.2, 0.25) is 0 Å². The van der Waals surface area contributed by atoms with Crippen LogP contribution >= 0.6 is 11.3 Å². The van der Waals surface area contributed by atoms with E-state index in [1.54, 1.807) is 11.3 Å². The molecule has 1 unspecified atom stereocenters. The lowest BCUT2D eigenvalue weighted by Crippen LogP contribution is -2.39. The summed E-state index contributed by atoms with van der Waals surface area (Å²) in [6.07, 6.45) is 7.12. The number of nitrogens with two attached hydrogens (primary N) is 1. The van der Waals surface area contributed by atoms with Crippen molar-refractivity contribution >= 4 is 11.3 Å². The number of hydrogen-bond acceptors (Lipinski definition) is 4. The van der Waals surface area contributed by atoms with Crippen LogP contribution in [0, 0.1) is 0 Å². The highest BCUT2D eigenvalue weighted by molar-refractivity contribution is 7.09. The summed E-state index contributed by atoms with van der Waals surface area (Å²) in [7, 11) is 0. The minimum Gasteiger partial charge on any atom is -0.381 e. The van der Waals surface area contributed by atoms with E-state index in [1.807, 2.05) is 0 Å². The van der Waals surface area contributed by atoms with Gasteiger partial charge < -0.3 is 10.5 Å². The molecule has 1 aliphatic heterocycles. The van der Waals surface area contributed by atoms with Crippen LogP contribution < -0.4 is 5.73 Å². The highest BCUT2D eigenvalue weighted by atomic mass is 32.1. The molecular formula is C13H20N2OS. The summed E-state index contributed by atoms with van der Waals surface area (Å²) in [6, 6.07) is 0. The maximum absolute atomic E-state index is 6.51. The first-order chi connectivity index (χ1) is 8.28. The van der Waals surface area contributed by atoms with E-state index in [2.05, 4.69) is 5.38 Å². The average Bonchev–Trinajstić information content (AvgIpc) is 3.01. The standard InChI is InChI=1S/C13H20N2OS/c14-13(5-2-1-3-6-13)11-9-17-12(15-11)10-4-7-16-8-10/h9-10H,1-8,14H2. The van der Waals surface area contributed by atoms with Gasteiger partial charge >= 0.3 is 0 Å². The third kappa shape index (κ3) is 2.26. The van der Waals surface area contributed by atoms with Gasteiger partial charge in [0.05, 0.1) is 22.8 Å². The van der Waals surface area contributed by atoms with Gasteiger partial charge in [-0.3, -0.25) is 0 Å². The molecule has 2 N–H and O–H groups in total. The summed E-state index contributed by atoms with van der Waals surface area (Å²) < 4.78 is 5.43. The van der Waals surface area contributed by atoms with Crippen LogP contribution in [-0.2, 0) is 10.3 Å². The molecule has 0 aromatic carbocycles. The van der Waals surface area contributed by atoms with Crippen LogP contribution in [0.25, 0.3) is 0 Å². The van der Waals surface area contributed by atoms with Crippen molar-refractivity contribution in [2.75, 3.05) is 13.2 Å². The topological polar surface area (TPSA) is 48.1 Å². The predicted octanol–water partition coefficient (Wildman–Crippen LogP) is 2.77. The normalized spacial score (nSPS) is 28.4. The van der Waals surface area contributed by atoms with Gasteiger partial charge in [-0.15, -0.1) is 11.3 Å². The monoisotopic (exact) mass is 252 g/mol. The molecule has 17 heavy (non-hydrogen) atoms. The molecule has 1 aromatic heterocycles. The van der Waals surface area contributed by atoms with Crippen LogP contribution in [0.3, 0.4) is 0 Å². The Balaban J connectivity index is 1.78. The quantitative estimate of drug-likeness (QED) is 0.880. The summed E-state index contributed by atoms with van der Waals surface area (Å²) >= 11 is 1.77. The number of rotatable bonds is 2. The molecular weight excluding hydrogens is 232 g/mol. The largest absolute Gasteiger partial charge is 0.381 e. The second kappa shape index (κ2) is 4.67. The number of nitrogens with zero attached hydrogens (tertiary/aromatic N) is 1. The Kier molecular flexibility index (Phi) is 3.19. The molecule has 0 spiro atoms. The number of thiazole rings is 1. The Morgan fingerprint density at radius 2 is 2.18 bits per heavy atom. The summed E-state index contributed by atoms with van der Waals surface area (Å²) in [5, 5.41) is 3.41. The molecule has 2 aliphatic rings. The molecule has 0 bridgehead atoms. The Morgan fingerprint density at radius 1 is 1.35 bits per heavy atom. The first kappa shape index (κ1) is 11.6. The summed E-state index contributed by atoms with van der Waals surface area (Å²) in [5.41, 5.74) is 7.49. The first-order valence-electron chi connectivity index (χ1n) is 6.60. The van der Waals surface area contributed by atoms with Crippen molar-refractivity contribution in [3.8, 4) is 0 Å². The van der Waals surface area contributed by atoms with E-state index in [1.165, 1.54) is 24.3 Å². The van der Waals surface area contributed by atoms with E-state index >= 15 is 0 Å². The minimum atomic E-state index is -0.146. The fraction of sp³-hybridized carbons (Fsp3) is 0.769. The van der Waals surface area contributed by atoms with Crippen LogP contribution in [-0.4, -0.2) is 18.2 Å². The first-order valence-corrected chi connectivity index (χ1v) is 7.48. The third-order valence-electron chi connectivity index (χ3n) is 4.06. The number of ether oxygens (including phenoxy) is 1. The van der Waals surface area contributed by atoms with Crippen molar-refractivity contribution in [2.45, 2.75) is 50.0 Å². The van der Waals surface area contributed by atoms with Gasteiger partial charge in [-0.1, -0.05) is 19.3 Å². The zero-order valence-electron chi connectivity index (χ0n) is 10.2. The molecule has 4 heteroatoms. The maximum Gasteiger partial charge on any atom is 0.0984 e. The van der Waals surface area contributed by atoms with Crippen molar-refractivity contribution in [3.05, 3.63) is 16.1 Å². The Morgan fingerprint density at radius 3 is 2.88 bits per heavy atom. The zero-order valence-corrected chi connectivity index (χ0v) is 11.0. The zero-order chi connectivity index (χ0) is 11.7. The fourth-order valence-corrected chi connectivity index (χ4v) is 3.92. The van der Waals surface area contributed by atoms with Crippen LogP contribution in [0.1, 0.15) is 55.1 Å². The lowest BCUT2D eigenvalue weighted by Gasteiger charge is -2.31. The smallest absolute Gasteiger partial charge is 0.0984 e. The second-order valence-corrected chi connectivity index (χ2v) is 6.24. The Labute approximate surface area is 106 Å². The highest BCUT2D eigenvalue weighted by Gasteiger charge is 2.32. The molecule has 3 nitrogen and oxygen atoms in total. The van der Waals surface area contributed by atoms with Gasteiger partial charge in [-0.25, -0.2) is 4.98 Å². The highest BCUT2D eigenvalue weighted by Crippen LogP contribution is 2.37. The van der Waals surface area contributed by atoms with Gasteiger partial charge in [0.1, 0.15) is 0 Å². The minimum absolute atomic E-state index is 0.146. The summed E-state index contributed by atoms with van der Waals surface area (Å²) in [4.78, 5) is 4.80. The van der Waals surface area contributed by atoms with Crippen molar-refractivity contribution < 1.29 is 4.74 Å². The number of aromatic nitrogens is 1. The van der Waals surface area contributed by atoms with Crippen molar-refractivity contribution in [1.29, 1.82) is 0 Å². The van der Waals surface area contributed by atoms with Gasteiger partial charge in [0.25, 0.3) is 0 Å². The molecule has 1 saturated heterocycles. The summed E-state index contributed by atoms with van der Waals surface area (Å²) in [6.45, 7) is 1.72. The fourth-order valence-electron chi connectivity index (χ4n) is 2.87. The number of hydrogen-bond donors (Lipinski definition) is 1. The van der Waals surface area contributed by atoms with E-state index in [-0.39, 0.29) is 5.54 Å². The maximum atomic E-state index is 6.51. The van der Waals surface area contributed by atoms with Crippen LogP contribution in [0.5, 0.6) is 0 Å². The molecule has 2 heterocycles. The van der Waals surface area contributed by atoms with E-state index < -0.39 is 0 Å². The van der Waals surface area contributed by atoms with Crippen molar-refractivity contribution in [3.63, 3.8) is 0 Å². The molecule has 0 amide bonds. The third-order valence-corrected chi connectivity index (χ3v) is 5.06. The lowest BCUT2D eigenvalue weighted by molar-refractivity contribution is 0.193. The molecule has 1 aromatic rings. The molecule has 94 valence electrons. The Hall–Kier alpha value is -0.450.